The minimum Gasteiger partial charge on any atom is -0.497 e. The van der Waals surface area contributed by atoms with Crippen molar-refractivity contribution >= 4 is 12.1 Å². The molecule has 1 heterocycles. The van der Waals surface area contributed by atoms with Gasteiger partial charge in [-0.25, -0.2) is 4.79 Å². The van der Waals surface area contributed by atoms with Crippen molar-refractivity contribution < 1.29 is 24.2 Å². The Labute approximate surface area is 131 Å². The zero-order valence-corrected chi connectivity index (χ0v) is 13.4. The van der Waals surface area contributed by atoms with Gasteiger partial charge in [0, 0.05) is 12.5 Å². The summed E-state index contributed by atoms with van der Waals surface area (Å²) < 4.78 is 10.4. The van der Waals surface area contributed by atoms with Crippen LogP contribution in [0.5, 0.6) is 0 Å². The molecule has 1 amide bonds. The quantitative estimate of drug-likeness (QED) is 0.755. The van der Waals surface area contributed by atoms with E-state index in [2.05, 4.69) is 5.32 Å². The van der Waals surface area contributed by atoms with E-state index in [1.807, 2.05) is 12.2 Å². The predicted molar refractivity (Wildman–Crippen MR) is 82.4 cm³/mol. The number of carboxylic acid groups (broad SMARTS) is 1. The molecule has 0 aromatic carbocycles. The normalized spacial score (nSPS) is 15.5. The Bertz CT molecular complexity index is 448. The molecule has 1 aliphatic heterocycles. The van der Waals surface area contributed by atoms with Crippen molar-refractivity contribution in [2.24, 2.45) is 0 Å². The molecule has 0 aromatic rings. The number of alkyl carbamates (subject to hydrolysis) is 1. The van der Waals surface area contributed by atoms with Gasteiger partial charge in [0.25, 0.3) is 0 Å². The molecule has 6 nitrogen and oxygen atoms in total. The number of carbonyl (C=O) groups excluding carboxylic acids is 1. The Hall–Kier alpha value is -1.98. The highest BCUT2D eigenvalue weighted by atomic mass is 16.6. The highest BCUT2D eigenvalue weighted by Crippen LogP contribution is 2.16. The first-order chi connectivity index (χ1) is 10.3. The fourth-order valence-electron chi connectivity index (χ4n) is 2.05. The SMILES string of the molecule is CC(C)(C)OC(=O)N[C@@H](CCCC(=O)O)CC1=CCOC=C1. The van der Waals surface area contributed by atoms with Crippen LogP contribution in [0.2, 0.25) is 0 Å². The van der Waals surface area contributed by atoms with E-state index >= 15 is 0 Å². The lowest BCUT2D eigenvalue weighted by Crippen LogP contribution is -2.39. The molecule has 0 aromatic heterocycles. The van der Waals surface area contributed by atoms with E-state index in [-0.39, 0.29) is 12.5 Å². The second-order valence-corrected chi connectivity index (χ2v) is 6.25. The van der Waals surface area contributed by atoms with Gasteiger partial charge in [0.2, 0.25) is 0 Å². The number of carboxylic acids is 1. The summed E-state index contributed by atoms with van der Waals surface area (Å²) in [4.78, 5) is 22.5. The van der Waals surface area contributed by atoms with Crippen LogP contribution in [-0.2, 0) is 14.3 Å². The maximum atomic E-state index is 11.9. The third-order valence-electron chi connectivity index (χ3n) is 2.97. The Kier molecular flexibility index (Phi) is 6.95. The molecule has 0 spiro atoms. The second kappa shape index (κ2) is 8.46. The van der Waals surface area contributed by atoms with Crippen LogP contribution in [0.15, 0.2) is 24.0 Å². The fourth-order valence-corrected chi connectivity index (χ4v) is 2.05. The lowest BCUT2D eigenvalue weighted by Gasteiger charge is -2.24. The van der Waals surface area contributed by atoms with E-state index in [4.69, 9.17) is 14.6 Å². The third kappa shape index (κ3) is 8.34. The van der Waals surface area contributed by atoms with Crippen LogP contribution in [0, 0.1) is 0 Å². The number of hydrogen-bond donors (Lipinski definition) is 2. The monoisotopic (exact) mass is 311 g/mol. The summed E-state index contributed by atoms with van der Waals surface area (Å²) in [6.07, 6.45) is 6.73. The number of rotatable bonds is 7. The maximum absolute atomic E-state index is 11.9. The Morgan fingerprint density at radius 2 is 2.18 bits per heavy atom. The highest BCUT2D eigenvalue weighted by molar-refractivity contribution is 5.68. The van der Waals surface area contributed by atoms with Crippen molar-refractivity contribution in [1.29, 1.82) is 0 Å². The first-order valence-electron chi connectivity index (χ1n) is 7.45. The standard InChI is InChI=1S/C16H25NO5/c1-16(2,3)22-15(20)17-13(5-4-6-14(18)19)11-12-7-9-21-10-8-12/h7-9,13H,4-6,10-11H2,1-3H3,(H,17,20)(H,18,19)/t13-/m0/s1. The lowest BCUT2D eigenvalue weighted by atomic mass is 10.00. The maximum Gasteiger partial charge on any atom is 0.407 e. The van der Waals surface area contributed by atoms with Crippen molar-refractivity contribution in [2.45, 2.75) is 58.1 Å². The van der Waals surface area contributed by atoms with E-state index < -0.39 is 17.7 Å². The van der Waals surface area contributed by atoms with Gasteiger partial charge in [-0.1, -0.05) is 0 Å². The number of aliphatic carboxylic acids is 1. The number of ether oxygens (including phenoxy) is 2. The smallest absolute Gasteiger partial charge is 0.407 e. The molecule has 1 aliphatic rings. The van der Waals surface area contributed by atoms with Gasteiger partial charge in [0.15, 0.2) is 0 Å². The largest absolute Gasteiger partial charge is 0.497 e. The van der Waals surface area contributed by atoms with E-state index in [0.29, 0.717) is 25.9 Å². The van der Waals surface area contributed by atoms with Gasteiger partial charge in [-0.05, 0) is 57.8 Å². The molecule has 0 saturated heterocycles. The van der Waals surface area contributed by atoms with Gasteiger partial charge in [-0.3, -0.25) is 4.79 Å². The van der Waals surface area contributed by atoms with Crippen molar-refractivity contribution in [3.8, 4) is 0 Å². The zero-order chi connectivity index (χ0) is 16.6. The number of carbonyl (C=O) groups is 2. The van der Waals surface area contributed by atoms with Crippen LogP contribution in [0.3, 0.4) is 0 Å². The molecule has 0 radical (unpaired) electrons. The van der Waals surface area contributed by atoms with Crippen LogP contribution in [0.4, 0.5) is 4.79 Å². The number of nitrogens with one attached hydrogen (secondary N) is 1. The number of amides is 1. The van der Waals surface area contributed by atoms with Crippen LogP contribution in [0.1, 0.15) is 46.5 Å². The van der Waals surface area contributed by atoms with Crippen molar-refractivity contribution in [3.63, 3.8) is 0 Å². The van der Waals surface area contributed by atoms with Crippen LogP contribution in [0.25, 0.3) is 0 Å². The third-order valence-corrected chi connectivity index (χ3v) is 2.97. The van der Waals surface area contributed by atoms with E-state index in [1.54, 1.807) is 27.0 Å². The average molecular weight is 311 g/mol. The van der Waals surface area contributed by atoms with Crippen molar-refractivity contribution in [2.75, 3.05) is 6.61 Å². The summed E-state index contributed by atoms with van der Waals surface area (Å²) in [5.41, 5.74) is 0.496. The molecule has 0 aliphatic carbocycles. The Morgan fingerprint density at radius 1 is 1.45 bits per heavy atom. The number of hydrogen-bond acceptors (Lipinski definition) is 4. The molecule has 6 heteroatoms. The molecule has 1 rings (SSSR count). The molecule has 0 bridgehead atoms. The second-order valence-electron chi connectivity index (χ2n) is 6.25. The molecule has 0 saturated carbocycles. The van der Waals surface area contributed by atoms with E-state index in [0.717, 1.165) is 5.57 Å². The molecule has 2 N–H and O–H groups in total. The first kappa shape index (κ1) is 18.1. The van der Waals surface area contributed by atoms with Gasteiger partial charge in [0.05, 0.1) is 6.26 Å². The summed E-state index contributed by atoms with van der Waals surface area (Å²) in [5, 5.41) is 11.6. The van der Waals surface area contributed by atoms with Gasteiger partial charge in [-0.2, -0.15) is 0 Å². The van der Waals surface area contributed by atoms with Gasteiger partial charge < -0.3 is 19.9 Å². The van der Waals surface area contributed by atoms with Gasteiger partial charge >= 0.3 is 12.1 Å². The minimum atomic E-state index is -0.832. The highest BCUT2D eigenvalue weighted by Gasteiger charge is 2.20. The summed E-state index contributed by atoms with van der Waals surface area (Å²) in [7, 11) is 0. The topological polar surface area (TPSA) is 84.9 Å². The molecule has 0 unspecified atom stereocenters. The zero-order valence-electron chi connectivity index (χ0n) is 13.4. The molecule has 0 fully saturated rings. The molecular formula is C16H25NO5. The van der Waals surface area contributed by atoms with Gasteiger partial charge in [-0.15, -0.1) is 0 Å². The molecule has 124 valence electrons. The van der Waals surface area contributed by atoms with Crippen LogP contribution >= 0.6 is 0 Å². The Balaban J connectivity index is 2.56. The number of allylic oxidation sites excluding steroid dienone is 1. The summed E-state index contributed by atoms with van der Waals surface area (Å²) in [6, 6.07) is -0.164. The molecule has 1 atom stereocenters. The Morgan fingerprint density at radius 3 is 2.73 bits per heavy atom. The van der Waals surface area contributed by atoms with Gasteiger partial charge in [0.1, 0.15) is 12.2 Å². The van der Waals surface area contributed by atoms with Crippen molar-refractivity contribution in [1.82, 2.24) is 5.32 Å². The molecular weight excluding hydrogens is 286 g/mol. The predicted octanol–water partition coefficient (Wildman–Crippen LogP) is 3.00. The first-order valence-corrected chi connectivity index (χ1v) is 7.45. The summed E-state index contributed by atoms with van der Waals surface area (Å²) >= 11 is 0. The fraction of sp³-hybridized carbons (Fsp3) is 0.625. The van der Waals surface area contributed by atoms with Crippen LogP contribution < -0.4 is 5.32 Å². The molecule has 22 heavy (non-hydrogen) atoms. The summed E-state index contributed by atoms with van der Waals surface area (Å²) in [6.45, 7) is 5.92. The average Bonchev–Trinajstić information content (AvgIpc) is 2.36. The summed E-state index contributed by atoms with van der Waals surface area (Å²) in [5.74, 6) is -0.832. The van der Waals surface area contributed by atoms with E-state index in [9.17, 15) is 9.59 Å². The van der Waals surface area contributed by atoms with E-state index in [1.165, 1.54) is 0 Å². The van der Waals surface area contributed by atoms with Crippen molar-refractivity contribution in [3.05, 3.63) is 24.0 Å². The minimum absolute atomic E-state index is 0.0878. The van der Waals surface area contributed by atoms with Crippen LogP contribution in [-0.4, -0.2) is 35.4 Å². The lowest BCUT2D eigenvalue weighted by molar-refractivity contribution is -0.137.